The molecular weight excluding hydrogens is 268 g/mol. The van der Waals surface area contributed by atoms with Crippen LogP contribution in [0.15, 0.2) is 18.2 Å². The fourth-order valence-corrected chi connectivity index (χ4v) is 2.53. The van der Waals surface area contributed by atoms with Crippen molar-refractivity contribution >= 4 is 23.0 Å². The summed E-state index contributed by atoms with van der Waals surface area (Å²) in [5, 5.41) is 14.2. The maximum absolute atomic E-state index is 10.7. The minimum atomic E-state index is -0.478. The molecule has 1 aliphatic heterocycles. The Hall–Kier alpha value is -1.33. The standard InChI is InChI=1S/C13H17ClN2O3/c1-2-11-7-10(5-6-19-11)15-9-3-4-13(16(17)18)12(14)8-9/h3-4,8,10-11,15H,2,5-7H2,1H3. The second-order valence-electron chi connectivity index (χ2n) is 4.69. The third-order valence-electron chi connectivity index (χ3n) is 3.34. The first-order chi connectivity index (χ1) is 9.10. The first-order valence-electron chi connectivity index (χ1n) is 6.42. The molecule has 0 saturated carbocycles. The van der Waals surface area contributed by atoms with Gasteiger partial charge in [0.05, 0.1) is 11.0 Å². The van der Waals surface area contributed by atoms with Crippen LogP contribution in [0.3, 0.4) is 0 Å². The average Bonchev–Trinajstić information content (AvgIpc) is 2.38. The molecule has 0 aliphatic carbocycles. The van der Waals surface area contributed by atoms with Crippen LogP contribution < -0.4 is 5.32 Å². The van der Waals surface area contributed by atoms with Crippen molar-refractivity contribution in [2.75, 3.05) is 11.9 Å². The lowest BCUT2D eigenvalue weighted by Crippen LogP contribution is -2.33. The van der Waals surface area contributed by atoms with E-state index in [0.29, 0.717) is 12.1 Å². The number of hydrogen-bond acceptors (Lipinski definition) is 4. The van der Waals surface area contributed by atoms with Gasteiger partial charge >= 0.3 is 0 Å². The lowest BCUT2D eigenvalue weighted by Gasteiger charge is -2.30. The Morgan fingerprint density at radius 2 is 2.37 bits per heavy atom. The first-order valence-corrected chi connectivity index (χ1v) is 6.80. The van der Waals surface area contributed by atoms with Gasteiger partial charge in [0.1, 0.15) is 5.02 Å². The van der Waals surface area contributed by atoms with Crippen LogP contribution in [0, 0.1) is 10.1 Å². The number of ether oxygens (including phenoxy) is 1. The highest BCUT2D eigenvalue weighted by atomic mass is 35.5. The maximum atomic E-state index is 10.7. The van der Waals surface area contributed by atoms with Crippen LogP contribution >= 0.6 is 11.6 Å². The Morgan fingerprint density at radius 1 is 1.58 bits per heavy atom. The number of nitro groups is 1. The zero-order chi connectivity index (χ0) is 13.8. The van der Waals surface area contributed by atoms with E-state index in [1.165, 1.54) is 6.07 Å². The zero-order valence-electron chi connectivity index (χ0n) is 10.8. The van der Waals surface area contributed by atoms with Crippen molar-refractivity contribution in [3.63, 3.8) is 0 Å². The molecule has 1 N–H and O–H groups in total. The summed E-state index contributed by atoms with van der Waals surface area (Å²) in [6, 6.07) is 5.06. The van der Waals surface area contributed by atoms with Crippen LogP contribution in [0.25, 0.3) is 0 Å². The molecule has 1 aromatic rings. The molecule has 0 amide bonds. The highest BCUT2D eigenvalue weighted by Gasteiger charge is 2.21. The molecule has 0 spiro atoms. The lowest BCUT2D eigenvalue weighted by atomic mass is 10.0. The highest BCUT2D eigenvalue weighted by Crippen LogP contribution is 2.28. The number of anilines is 1. The molecule has 0 bridgehead atoms. The Kier molecular flexibility index (Phi) is 4.61. The van der Waals surface area contributed by atoms with Crippen molar-refractivity contribution in [2.24, 2.45) is 0 Å². The molecule has 6 heteroatoms. The van der Waals surface area contributed by atoms with Gasteiger partial charge in [-0.2, -0.15) is 0 Å². The van der Waals surface area contributed by atoms with Crippen LogP contribution in [0.5, 0.6) is 0 Å². The molecule has 1 aliphatic rings. The van der Waals surface area contributed by atoms with Gasteiger partial charge in [0, 0.05) is 24.4 Å². The molecular formula is C13H17ClN2O3. The van der Waals surface area contributed by atoms with Gasteiger partial charge in [0.25, 0.3) is 5.69 Å². The van der Waals surface area contributed by atoms with Crippen molar-refractivity contribution in [3.05, 3.63) is 33.3 Å². The van der Waals surface area contributed by atoms with Crippen LogP contribution in [-0.4, -0.2) is 23.7 Å². The van der Waals surface area contributed by atoms with Gasteiger partial charge < -0.3 is 10.1 Å². The Bertz CT molecular complexity index is 467. The van der Waals surface area contributed by atoms with Crippen molar-refractivity contribution in [3.8, 4) is 0 Å². The Morgan fingerprint density at radius 3 is 3.00 bits per heavy atom. The van der Waals surface area contributed by atoms with E-state index >= 15 is 0 Å². The van der Waals surface area contributed by atoms with E-state index in [4.69, 9.17) is 16.3 Å². The van der Waals surface area contributed by atoms with Crippen LogP contribution in [0.1, 0.15) is 26.2 Å². The van der Waals surface area contributed by atoms with E-state index in [0.717, 1.165) is 31.6 Å². The highest BCUT2D eigenvalue weighted by molar-refractivity contribution is 6.32. The molecule has 0 aromatic heterocycles. The number of nitrogens with zero attached hydrogens (tertiary/aromatic N) is 1. The van der Waals surface area contributed by atoms with Crippen molar-refractivity contribution in [2.45, 2.75) is 38.3 Å². The van der Waals surface area contributed by atoms with E-state index in [1.807, 2.05) is 0 Å². The molecule has 1 saturated heterocycles. The lowest BCUT2D eigenvalue weighted by molar-refractivity contribution is -0.384. The van der Waals surface area contributed by atoms with E-state index in [2.05, 4.69) is 12.2 Å². The third kappa shape index (κ3) is 3.58. The SMILES string of the molecule is CCC1CC(Nc2ccc([N+](=O)[O-])c(Cl)c2)CCO1. The van der Waals surface area contributed by atoms with Gasteiger partial charge in [-0.1, -0.05) is 18.5 Å². The second kappa shape index (κ2) is 6.21. The average molecular weight is 285 g/mol. The zero-order valence-corrected chi connectivity index (χ0v) is 11.5. The summed E-state index contributed by atoms with van der Waals surface area (Å²) in [4.78, 5) is 10.2. The molecule has 1 aromatic carbocycles. The van der Waals surface area contributed by atoms with Gasteiger partial charge in [-0.3, -0.25) is 10.1 Å². The molecule has 2 atom stereocenters. The molecule has 1 fully saturated rings. The number of benzene rings is 1. The van der Waals surface area contributed by atoms with E-state index < -0.39 is 4.92 Å². The van der Waals surface area contributed by atoms with E-state index in [1.54, 1.807) is 12.1 Å². The number of rotatable bonds is 4. The monoisotopic (exact) mass is 284 g/mol. The summed E-state index contributed by atoms with van der Waals surface area (Å²) >= 11 is 5.89. The maximum Gasteiger partial charge on any atom is 0.288 e. The fourth-order valence-electron chi connectivity index (χ4n) is 2.28. The summed E-state index contributed by atoms with van der Waals surface area (Å²) in [6.07, 6.45) is 3.18. The fraction of sp³-hybridized carbons (Fsp3) is 0.538. The van der Waals surface area contributed by atoms with Crippen LogP contribution in [-0.2, 0) is 4.74 Å². The predicted molar refractivity (Wildman–Crippen MR) is 74.8 cm³/mol. The van der Waals surface area contributed by atoms with Crippen molar-refractivity contribution in [1.82, 2.24) is 0 Å². The summed E-state index contributed by atoms with van der Waals surface area (Å²) in [6.45, 7) is 2.85. The normalized spacial score (nSPS) is 23.1. The number of hydrogen-bond donors (Lipinski definition) is 1. The summed E-state index contributed by atoms with van der Waals surface area (Å²) in [5.41, 5.74) is 0.753. The van der Waals surface area contributed by atoms with E-state index in [9.17, 15) is 10.1 Å². The molecule has 1 heterocycles. The minimum absolute atomic E-state index is 0.0642. The molecule has 5 nitrogen and oxygen atoms in total. The Labute approximate surface area is 117 Å². The summed E-state index contributed by atoms with van der Waals surface area (Å²) < 4.78 is 5.61. The van der Waals surface area contributed by atoms with Gasteiger partial charge in [-0.15, -0.1) is 0 Å². The number of halogens is 1. The smallest absolute Gasteiger partial charge is 0.288 e. The Balaban J connectivity index is 2.03. The predicted octanol–water partition coefficient (Wildman–Crippen LogP) is 3.62. The minimum Gasteiger partial charge on any atom is -0.382 e. The topological polar surface area (TPSA) is 64.4 Å². The largest absolute Gasteiger partial charge is 0.382 e. The number of nitro benzene ring substituents is 1. The van der Waals surface area contributed by atoms with Crippen LogP contribution in [0.2, 0.25) is 5.02 Å². The molecule has 0 radical (unpaired) electrons. The van der Waals surface area contributed by atoms with E-state index in [-0.39, 0.29) is 10.7 Å². The molecule has 104 valence electrons. The second-order valence-corrected chi connectivity index (χ2v) is 5.10. The third-order valence-corrected chi connectivity index (χ3v) is 3.64. The van der Waals surface area contributed by atoms with Gasteiger partial charge in [-0.05, 0) is 31.4 Å². The summed E-state index contributed by atoms with van der Waals surface area (Å²) in [5.74, 6) is 0. The quantitative estimate of drug-likeness (QED) is 0.677. The molecule has 2 rings (SSSR count). The molecule has 2 unspecified atom stereocenters. The van der Waals surface area contributed by atoms with Crippen molar-refractivity contribution < 1.29 is 9.66 Å². The van der Waals surface area contributed by atoms with Gasteiger partial charge in [-0.25, -0.2) is 0 Å². The van der Waals surface area contributed by atoms with Gasteiger partial charge in [0.2, 0.25) is 0 Å². The number of nitrogens with one attached hydrogen (secondary N) is 1. The summed E-state index contributed by atoms with van der Waals surface area (Å²) in [7, 11) is 0. The van der Waals surface area contributed by atoms with Gasteiger partial charge in [0.15, 0.2) is 0 Å². The van der Waals surface area contributed by atoms with Crippen molar-refractivity contribution in [1.29, 1.82) is 0 Å². The molecule has 19 heavy (non-hydrogen) atoms. The first kappa shape index (κ1) is 14.1. The van der Waals surface area contributed by atoms with Crippen LogP contribution in [0.4, 0.5) is 11.4 Å².